The molecule has 3 atom stereocenters. The van der Waals surface area contributed by atoms with E-state index in [0.29, 0.717) is 13.2 Å². The van der Waals surface area contributed by atoms with E-state index in [1.54, 1.807) is 7.11 Å². The van der Waals surface area contributed by atoms with E-state index in [-0.39, 0.29) is 22.8 Å². The Morgan fingerprint density at radius 2 is 1.81 bits per heavy atom. The van der Waals surface area contributed by atoms with Crippen LogP contribution in [0.5, 0.6) is 0 Å². The Kier molecular flexibility index (Phi) is 6.82. The van der Waals surface area contributed by atoms with Crippen LogP contribution >= 0.6 is 0 Å². The summed E-state index contributed by atoms with van der Waals surface area (Å²) >= 11 is 0. The van der Waals surface area contributed by atoms with Crippen LogP contribution in [0.3, 0.4) is 0 Å². The number of amides is 2. The molecule has 0 N–H and O–H groups in total. The summed E-state index contributed by atoms with van der Waals surface area (Å²) in [6, 6.07) is 10.7. The third-order valence-electron chi connectivity index (χ3n) is 7.19. The fraction of sp³-hybridized carbons (Fsp3) is 0.680. The van der Waals surface area contributed by atoms with Crippen molar-refractivity contribution in [2.75, 3.05) is 34.4 Å². The molecule has 6 nitrogen and oxygen atoms in total. The van der Waals surface area contributed by atoms with Crippen molar-refractivity contribution in [3.63, 3.8) is 0 Å². The van der Waals surface area contributed by atoms with Crippen LogP contribution in [0.4, 0.5) is 4.79 Å². The maximum Gasteiger partial charge on any atom is 0.417 e. The van der Waals surface area contributed by atoms with Crippen molar-refractivity contribution in [3.8, 4) is 0 Å². The number of likely N-dealkylation sites (tertiary alicyclic amines) is 1. The Bertz CT molecular complexity index is 788. The van der Waals surface area contributed by atoms with Crippen molar-refractivity contribution >= 4 is 12.0 Å². The smallest absolute Gasteiger partial charge is 0.417 e. The Morgan fingerprint density at radius 3 is 2.39 bits per heavy atom. The summed E-state index contributed by atoms with van der Waals surface area (Å²) in [5, 5.41) is 0. The number of nitrogens with zero attached hydrogens (tertiary/aromatic N) is 2. The van der Waals surface area contributed by atoms with Crippen LogP contribution in [0.15, 0.2) is 30.3 Å². The Labute approximate surface area is 186 Å². The molecule has 2 fully saturated rings. The molecule has 3 rings (SSSR count). The lowest BCUT2D eigenvalue weighted by Crippen LogP contribution is -2.42. The van der Waals surface area contributed by atoms with Crippen molar-refractivity contribution in [3.05, 3.63) is 35.9 Å². The molecule has 1 aromatic carbocycles. The minimum atomic E-state index is -0.638. The van der Waals surface area contributed by atoms with Gasteiger partial charge >= 0.3 is 6.09 Å². The molecule has 0 aromatic heterocycles. The van der Waals surface area contributed by atoms with Gasteiger partial charge in [-0.1, -0.05) is 36.8 Å². The van der Waals surface area contributed by atoms with Crippen molar-refractivity contribution in [1.82, 2.24) is 9.80 Å². The fourth-order valence-electron chi connectivity index (χ4n) is 5.53. The zero-order chi connectivity index (χ0) is 22.9. The van der Waals surface area contributed by atoms with Gasteiger partial charge in [0.25, 0.3) is 0 Å². The Balaban J connectivity index is 1.91. The zero-order valence-corrected chi connectivity index (χ0v) is 19.9. The van der Waals surface area contributed by atoms with Gasteiger partial charge in [-0.2, -0.15) is 0 Å². The monoisotopic (exact) mass is 430 g/mol. The average molecular weight is 431 g/mol. The third-order valence-corrected chi connectivity index (χ3v) is 7.19. The van der Waals surface area contributed by atoms with Crippen molar-refractivity contribution in [2.24, 2.45) is 11.3 Å². The molecule has 0 radical (unpaired) electrons. The second-order valence-electron chi connectivity index (χ2n) is 10.4. The van der Waals surface area contributed by atoms with E-state index in [2.05, 4.69) is 43.3 Å². The molecule has 172 valence electrons. The summed E-state index contributed by atoms with van der Waals surface area (Å²) in [7, 11) is 5.91. The molecule has 1 aliphatic carbocycles. The highest BCUT2D eigenvalue weighted by Crippen LogP contribution is 2.52. The summed E-state index contributed by atoms with van der Waals surface area (Å²) in [5.74, 6) is -0.480. The topological polar surface area (TPSA) is 59.1 Å². The molecule has 2 aliphatic rings. The summed E-state index contributed by atoms with van der Waals surface area (Å²) < 4.78 is 11.0. The van der Waals surface area contributed by atoms with E-state index in [9.17, 15) is 9.59 Å². The molecular weight excluding hydrogens is 392 g/mol. The van der Waals surface area contributed by atoms with Crippen LogP contribution in [0, 0.1) is 11.3 Å². The summed E-state index contributed by atoms with van der Waals surface area (Å²) in [6.07, 6.45) is 4.16. The summed E-state index contributed by atoms with van der Waals surface area (Å²) in [5.41, 5.74) is 0.316. The molecule has 1 heterocycles. The Hall–Kier alpha value is -1.92. The number of hydrogen-bond donors (Lipinski definition) is 0. The first kappa shape index (κ1) is 23.7. The largest absolute Gasteiger partial charge is 0.443 e. The number of imide groups is 1. The molecule has 3 unspecified atom stereocenters. The second kappa shape index (κ2) is 8.91. The predicted molar refractivity (Wildman–Crippen MR) is 121 cm³/mol. The SMILES string of the molecule is COCC1C(=O)N(C(=O)OC(C)(C)C)CC12CCCC(c1ccccc1)(N(C)C)CC2. The van der Waals surface area contributed by atoms with Crippen molar-refractivity contribution in [1.29, 1.82) is 0 Å². The first-order chi connectivity index (χ1) is 14.5. The van der Waals surface area contributed by atoms with Gasteiger partial charge in [0.2, 0.25) is 5.91 Å². The normalized spacial score (nSPS) is 29.5. The first-order valence-electron chi connectivity index (χ1n) is 11.3. The van der Waals surface area contributed by atoms with Crippen molar-refractivity contribution in [2.45, 2.75) is 64.0 Å². The fourth-order valence-corrected chi connectivity index (χ4v) is 5.53. The van der Waals surface area contributed by atoms with E-state index >= 15 is 0 Å². The van der Waals surface area contributed by atoms with Gasteiger partial charge in [0.1, 0.15) is 5.60 Å². The second-order valence-corrected chi connectivity index (χ2v) is 10.4. The lowest BCUT2D eigenvalue weighted by molar-refractivity contribution is -0.132. The standard InChI is InChI=1S/C25H38N2O4/c1-23(2,3)31-22(29)27-18-24(20(17-30-6)21(27)28)13-10-14-25(16-15-24,26(4)5)19-11-8-7-9-12-19/h7-9,11-12,20H,10,13-18H2,1-6H3. The molecule has 0 bridgehead atoms. The zero-order valence-electron chi connectivity index (χ0n) is 19.9. The number of methoxy groups -OCH3 is 1. The molecule has 6 heteroatoms. The lowest BCUT2D eigenvalue weighted by atomic mass is 9.71. The van der Waals surface area contributed by atoms with Crippen LogP contribution in [-0.4, -0.2) is 61.8 Å². The van der Waals surface area contributed by atoms with Gasteiger partial charge in [-0.05, 0) is 66.1 Å². The van der Waals surface area contributed by atoms with Crippen LogP contribution in [0.2, 0.25) is 0 Å². The quantitative estimate of drug-likeness (QED) is 0.707. The van der Waals surface area contributed by atoms with Crippen LogP contribution in [0.1, 0.15) is 58.4 Å². The number of carbonyl (C=O) groups is 2. The number of hydrogen-bond acceptors (Lipinski definition) is 5. The maximum absolute atomic E-state index is 13.3. The average Bonchev–Trinajstić information content (AvgIpc) is 2.85. The summed E-state index contributed by atoms with van der Waals surface area (Å²) in [6.45, 7) is 6.21. The van der Waals surface area contributed by atoms with Crippen LogP contribution in [-0.2, 0) is 19.8 Å². The van der Waals surface area contributed by atoms with E-state index in [4.69, 9.17) is 9.47 Å². The van der Waals surface area contributed by atoms with Crippen LogP contribution in [0.25, 0.3) is 0 Å². The van der Waals surface area contributed by atoms with Gasteiger partial charge in [-0.25, -0.2) is 9.69 Å². The molecule has 1 aliphatic heterocycles. The van der Waals surface area contributed by atoms with E-state index in [1.165, 1.54) is 10.5 Å². The molecule has 2 amide bonds. The minimum Gasteiger partial charge on any atom is -0.443 e. The highest BCUT2D eigenvalue weighted by atomic mass is 16.6. The Morgan fingerprint density at radius 1 is 1.13 bits per heavy atom. The molecule has 1 saturated heterocycles. The van der Waals surface area contributed by atoms with Gasteiger partial charge in [0.05, 0.1) is 12.5 Å². The number of carbonyl (C=O) groups excluding carboxylic acids is 2. The van der Waals surface area contributed by atoms with Gasteiger partial charge in [0.15, 0.2) is 0 Å². The molecule has 1 aromatic rings. The van der Waals surface area contributed by atoms with Gasteiger partial charge < -0.3 is 9.47 Å². The van der Waals surface area contributed by atoms with E-state index in [0.717, 1.165) is 32.1 Å². The molecular formula is C25H38N2O4. The number of benzene rings is 1. The van der Waals surface area contributed by atoms with Crippen LogP contribution < -0.4 is 0 Å². The highest BCUT2D eigenvalue weighted by Gasteiger charge is 2.56. The van der Waals surface area contributed by atoms with Gasteiger partial charge in [-0.3, -0.25) is 9.69 Å². The maximum atomic E-state index is 13.3. The van der Waals surface area contributed by atoms with Crippen molar-refractivity contribution < 1.29 is 19.1 Å². The highest BCUT2D eigenvalue weighted by molar-refractivity contribution is 5.96. The molecule has 31 heavy (non-hydrogen) atoms. The van der Waals surface area contributed by atoms with E-state index in [1.807, 2.05) is 26.8 Å². The lowest BCUT2D eigenvalue weighted by Gasteiger charge is -2.41. The van der Waals surface area contributed by atoms with Gasteiger partial charge in [0, 0.05) is 24.6 Å². The number of ether oxygens (including phenoxy) is 2. The van der Waals surface area contributed by atoms with E-state index < -0.39 is 11.7 Å². The minimum absolute atomic E-state index is 0.0786. The summed E-state index contributed by atoms with van der Waals surface area (Å²) in [4.78, 5) is 29.8. The number of rotatable bonds is 4. The third kappa shape index (κ3) is 4.65. The first-order valence-corrected chi connectivity index (χ1v) is 11.3. The molecule has 1 spiro atoms. The predicted octanol–water partition coefficient (Wildman–Crippen LogP) is 4.43. The van der Waals surface area contributed by atoms with Gasteiger partial charge in [-0.15, -0.1) is 0 Å². The molecule has 1 saturated carbocycles.